The topological polar surface area (TPSA) is 59.0 Å². The van der Waals surface area contributed by atoms with Crippen molar-refractivity contribution in [1.29, 1.82) is 0 Å². The highest BCUT2D eigenvalue weighted by molar-refractivity contribution is 6.99. The number of aliphatic hydroxyl groups is 1. The molecular formula is C25H35NO4Si. The molecule has 3 rings (SSSR count). The van der Waals surface area contributed by atoms with Gasteiger partial charge in [0.2, 0.25) is 5.91 Å². The summed E-state index contributed by atoms with van der Waals surface area (Å²) in [5.74, 6) is 0.137. The van der Waals surface area contributed by atoms with Gasteiger partial charge in [-0.25, -0.2) is 5.06 Å². The number of hydroxylamine groups is 2. The van der Waals surface area contributed by atoms with Crippen LogP contribution < -0.4 is 10.4 Å². The SMILES string of the molecule is CON(C)C(=O)C[C@@H](O)[C@@H]1C[C@@H]1CO[Si](c1ccccc1)(c1ccccc1)C(C)(C)C. The van der Waals surface area contributed by atoms with Gasteiger partial charge < -0.3 is 9.53 Å². The van der Waals surface area contributed by atoms with E-state index >= 15 is 0 Å². The number of hydrogen-bond donors (Lipinski definition) is 1. The summed E-state index contributed by atoms with van der Waals surface area (Å²) in [7, 11) is 0.438. The fraction of sp³-hybridized carbons (Fsp3) is 0.480. The Morgan fingerprint density at radius 2 is 1.61 bits per heavy atom. The van der Waals surface area contributed by atoms with Crippen LogP contribution in [0.3, 0.4) is 0 Å². The van der Waals surface area contributed by atoms with E-state index in [1.807, 2.05) is 12.1 Å². The molecule has 1 fully saturated rings. The minimum absolute atomic E-state index is 0.0736. The third-order valence-corrected chi connectivity index (χ3v) is 11.4. The van der Waals surface area contributed by atoms with Gasteiger partial charge in [-0.15, -0.1) is 0 Å². The van der Waals surface area contributed by atoms with Crippen LogP contribution in [-0.4, -0.2) is 51.3 Å². The van der Waals surface area contributed by atoms with Crippen LogP contribution in [0.5, 0.6) is 0 Å². The smallest absolute Gasteiger partial charge is 0.261 e. The lowest BCUT2D eigenvalue weighted by molar-refractivity contribution is -0.171. The molecule has 6 heteroatoms. The van der Waals surface area contributed by atoms with E-state index in [4.69, 9.17) is 9.26 Å². The molecule has 1 saturated carbocycles. The second kappa shape index (κ2) is 9.65. The zero-order chi connectivity index (χ0) is 22.6. The van der Waals surface area contributed by atoms with E-state index in [9.17, 15) is 9.90 Å². The first kappa shape index (κ1) is 23.7. The molecule has 168 valence electrons. The lowest BCUT2D eigenvalue weighted by Crippen LogP contribution is -2.66. The molecule has 0 radical (unpaired) electrons. The number of amides is 1. The third-order valence-electron chi connectivity index (χ3n) is 6.41. The molecule has 1 N–H and O–H groups in total. The normalized spacial score (nSPS) is 19.7. The summed E-state index contributed by atoms with van der Waals surface area (Å²) in [6, 6.07) is 21.1. The van der Waals surface area contributed by atoms with E-state index in [-0.39, 0.29) is 29.2 Å². The minimum atomic E-state index is -2.57. The quantitative estimate of drug-likeness (QED) is 0.480. The van der Waals surface area contributed by atoms with Gasteiger partial charge in [-0.1, -0.05) is 81.4 Å². The van der Waals surface area contributed by atoms with Crippen LogP contribution in [0.1, 0.15) is 33.6 Å². The Morgan fingerprint density at radius 3 is 2.06 bits per heavy atom. The van der Waals surface area contributed by atoms with Crippen LogP contribution in [-0.2, 0) is 14.1 Å². The molecule has 0 aliphatic heterocycles. The van der Waals surface area contributed by atoms with Gasteiger partial charge in [-0.2, -0.15) is 0 Å². The molecule has 1 aliphatic carbocycles. The molecule has 1 amide bonds. The zero-order valence-electron chi connectivity index (χ0n) is 19.2. The molecule has 2 aromatic rings. The molecule has 1 aliphatic rings. The molecule has 0 unspecified atom stereocenters. The van der Waals surface area contributed by atoms with Gasteiger partial charge in [0.05, 0.1) is 19.6 Å². The Kier molecular flexibility index (Phi) is 7.37. The lowest BCUT2D eigenvalue weighted by atomic mass is 10.1. The Balaban J connectivity index is 1.79. The van der Waals surface area contributed by atoms with E-state index < -0.39 is 14.4 Å². The first-order valence-electron chi connectivity index (χ1n) is 10.9. The Morgan fingerprint density at radius 1 is 1.10 bits per heavy atom. The first-order valence-corrected chi connectivity index (χ1v) is 12.8. The maximum Gasteiger partial charge on any atom is 0.261 e. The minimum Gasteiger partial charge on any atom is -0.407 e. The van der Waals surface area contributed by atoms with Gasteiger partial charge in [0.25, 0.3) is 8.32 Å². The average Bonchev–Trinajstić information content (AvgIpc) is 3.54. The van der Waals surface area contributed by atoms with E-state index in [2.05, 4.69) is 69.3 Å². The van der Waals surface area contributed by atoms with Crippen molar-refractivity contribution in [3.8, 4) is 0 Å². The Hall–Kier alpha value is -1.99. The number of carbonyl (C=O) groups excluding carboxylic acids is 1. The van der Waals surface area contributed by atoms with Gasteiger partial charge in [0, 0.05) is 13.7 Å². The summed E-state index contributed by atoms with van der Waals surface area (Å²) in [4.78, 5) is 17.0. The van der Waals surface area contributed by atoms with Crippen LogP contribution in [0.15, 0.2) is 60.7 Å². The van der Waals surface area contributed by atoms with Gasteiger partial charge >= 0.3 is 0 Å². The number of benzene rings is 2. The summed E-state index contributed by atoms with van der Waals surface area (Å²) in [6.45, 7) is 7.37. The van der Waals surface area contributed by atoms with Crippen molar-refractivity contribution in [2.24, 2.45) is 11.8 Å². The third kappa shape index (κ3) is 5.09. The Bertz CT molecular complexity index is 813. The van der Waals surface area contributed by atoms with E-state index in [1.54, 1.807) is 7.05 Å². The molecule has 0 saturated heterocycles. The van der Waals surface area contributed by atoms with E-state index in [0.717, 1.165) is 6.42 Å². The summed E-state index contributed by atoms with van der Waals surface area (Å²) >= 11 is 0. The fourth-order valence-corrected chi connectivity index (χ4v) is 9.11. The highest BCUT2D eigenvalue weighted by atomic mass is 28.4. The molecule has 2 aromatic carbocycles. The standard InChI is InChI=1S/C25H35NO4Si/c1-25(2,3)31(20-12-8-6-9-13-20,21-14-10-7-11-15-21)30-18-19-16-22(19)23(27)17-24(28)26(4)29-5/h6-15,19,22-23,27H,16-18H2,1-5H3/t19-,22-,23-/m1/s1. The van der Waals surface area contributed by atoms with E-state index in [1.165, 1.54) is 22.5 Å². The molecule has 0 aromatic heterocycles. The van der Waals surface area contributed by atoms with E-state index in [0.29, 0.717) is 6.61 Å². The van der Waals surface area contributed by atoms with Crippen LogP contribution in [0, 0.1) is 11.8 Å². The zero-order valence-corrected chi connectivity index (χ0v) is 20.2. The Labute approximate surface area is 187 Å². The molecule has 3 atom stereocenters. The molecule has 0 heterocycles. The molecule has 31 heavy (non-hydrogen) atoms. The average molecular weight is 442 g/mol. The predicted octanol–water partition coefficient (Wildman–Crippen LogP) is 2.97. The monoisotopic (exact) mass is 441 g/mol. The van der Waals surface area contributed by atoms with Crippen molar-refractivity contribution in [2.75, 3.05) is 20.8 Å². The number of rotatable bonds is 9. The summed E-state index contributed by atoms with van der Waals surface area (Å²) in [6.07, 6.45) is 0.284. The van der Waals surface area contributed by atoms with Crippen LogP contribution >= 0.6 is 0 Å². The van der Waals surface area contributed by atoms with Crippen LogP contribution in [0.25, 0.3) is 0 Å². The van der Waals surface area contributed by atoms with Crippen molar-refractivity contribution in [3.05, 3.63) is 60.7 Å². The molecule has 0 bridgehead atoms. The first-order chi connectivity index (χ1) is 14.7. The predicted molar refractivity (Wildman–Crippen MR) is 126 cm³/mol. The molecule has 0 spiro atoms. The lowest BCUT2D eigenvalue weighted by Gasteiger charge is -2.43. The van der Waals surface area contributed by atoms with Crippen LogP contribution in [0.2, 0.25) is 5.04 Å². The highest BCUT2D eigenvalue weighted by Crippen LogP contribution is 2.45. The second-order valence-electron chi connectivity index (χ2n) is 9.48. The summed E-state index contributed by atoms with van der Waals surface area (Å²) < 4.78 is 6.95. The van der Waals surface area contributed by atoms with Gasteiger partial charge in [-0.05, 0) is 33.7 Å². The van der Waals surface area contributed by atoms with Crippen molar-refractivity contribution < 1.29 is 19.2 Å². The summed E-state index contributed by atoms with van der Waals surface area (Å²) in [5.41, 5.74) is 0. The van der Waals surface area contributed by atoms with Crippen molar-refractivity contribution >= 4 is 24.6 Å². The number of aliphatic hydroxyl groups excluding tert-OH is 1. The van der Waals surface area contributed by atoms with Gasteiger partial charge in [-0.3, -0.25) is 9.63 Å². The fourth-order valence-electron chi connectivity index (χ4n) is 4.49. The van der Waals surface area contributed by atoms with Crippen molar-refractivity contribution in [3.63, 3.8) is 0 Å². The van der Waals surface area contributed by atoms with Crippen molar-refractivity contribution in [2.45, 2.75) is 44.8 Å². The maximum atomic E-state index is 12.1. The van der Waals surface area contributed by atoms with Crippen molar-refractivity contribution in [1.82, 2.24) is 5.06 Å². The molecular weight excluding hydrogens is 406 g/mol. The largest absolute Gasteiger partial charge is 0.407 e. The van der Waals surface area contributed by atoms with Crippen LogP contribution in [0.4, 0.5) is 0 Å². The highest BCUT2D eigenvalue weighted by Gasteiger charge is 2.52. The van der Waals surface area contributed by atoms with Gasteiger partial charge in [0.15, 0.2) is 0 Å². The number of nitrogens with zero attached hydrogens (tertiary/aromatic N) is 1. The maximum absolute atomic E-state index is 12.1. The van der Waals surface area contributed by atoms with Gasteiger partial charge in [0.1, 0.15) is 0 Å². The number of carbonyl (C=O) groups is 1. The second-order valence-corrected chi connectivity index (χ2v) is 13.8. The molecule has 5 nitrogen and oxygen atoms in total. The number of hydrogen-bond acceptors (Lipinski definition) is 4. The summed E-state index contributed by atoms with van der Waals surface area (Å²) in [5, 5.41) is 14.1.